The number of fused-ring (bicyclic) bond motifs is 8. The van der Waals surface area contributed by atoms with Crippen LogP contribution in [-0.2, 0) is 0 Å². The van der Waals surface area contributed by atoms with Crippen molar-refractivity contribution in [1.29, 1.82) is 0 Å². The zero-order valence-corrected chi connectivity index (χ0v) is 29.0. The standard InChI is InChI=1S/C48H32N2OS/c1-3-11-31-25-33(21-19-29(31)9-1)34-23-24-39-44(27-34)51-43-17-8-15-38(46(39)43)42-28-41(35-22-20-30-10-2-4-12-32(30)26-35)49-48(50-42)40-16-7-14-37-36-13-5-6-18-45(36)52-47(37)40/h1-27,41,48-49H,28H2. The molecular weight excluding hydrogens is 653 g/mol. The van der Waals surface area contributed by atoms with E-state index in [1.54, 1.807) is 0 Å². The summed E-state index contributed by atoms with van der Waals surface area (Å²) in [5.41, 5.74) is 8.80. The van der Waals surface area contributed by atoms with Gasteiger partial charge in [-0.1, -0.05) is 127 Å². The van der Waals surface area contributed by atoms with E-state index < -0.39 is 0 Å². The van der Waals surface area contributed by atoms with Crippen molar-refractivity contribution in [2.75, 3.05) is 0 Å². The number of rotatable bonds is 4. The summed E-state index contributed by atoms with van der Waals surface area (Å²) in [6.07, 6.45) is 0.544. The zero-order valence-electron chi connectivity index (χ0n) is 28.2. The summed E-state index contributed by atoms with van der Waals surface area (Å²) in [6, 6.07) is 59.2. The molecule has 0 fully saturated rings. The van der Waals surface area contributed by atoms with Crippen molar-refractivity contribution in [3.8, 4) is 11.1 Å². The minimum absolute atomic E-state index is 0.0691. The van der Waals surface area contributed by atoms with Crippen LogP contribution in [0.1, 0.15) is 35.3 Å². The molecule has 246 valence electrons. The highest BCUT2D eigenvalue weighted by atomic mass is 32.1. The second kappa shape index (κ2) is 11.7. The van der Waals surface area contributed by atoms with Crippen molar-refractivity contribution >= 4 is 80.7 Å². The van der Waals surface area contributed by atoms with Crippen LogP contribution in [0.5, 0.6) is 0 Å². The second-order valence-corrected chi connectivity index (χ2v) is 14.9. The lowest BCUT2D eigenvalue weighted by Gasteiger charge is -2.31. The first-order valence-corrected chi connectivity index (χ1v) is 18.7. The molecule has 10 aromatic rings. The van der Waals surface area contributed by atoms with Crippen molar-refractivity contribution in [3.05, 3.63) is 180 Å². The molecule has 0 aliphatic carbocycles. The summed E-state index contributed by atoms with van der Waals surface area (Å²) in [4.78, 5) is 5.58. The van der Waals surface area contributed by atoms with Gasteiger partial charge < -0.3 is 4.42 Å². The van der Waals surface area contributed by atoms with Gasteiger partial charge in [0.15, 0.2) is 0 Å². The summed E-state index contributed by atoms with van der Waals surface area (Å²) in [6.45, 7) is 0. The third-order valence-electron chi connectivity index (χ3n) is 10.8. The third-order valence-corrected chi connectivity index (χ3v) is 12.1. The van der Waals surface area contributed by atoms with Crippen LogP contribution < -0.4 is 5.32 Å². The van der Waals surface area contributed by atoms with Gasteiger partial charge in [0.25, 0.3) is 0 Å². The van der Waals surface area contributed by atoms with Gasteiger partial charge in [-0.05, 0) is 74.6 Å². The molecular formula is C48H32N2OS. The van der Waals surface area contributed by atoms with Crippen molar-refractivity contribution in [2.24, 2.45) is 4.99 Å². The number of furan rings is 1. The molecule has 3 heterocycles. The van der Waals surface area contributed by atoms with Crippen LogP contribution in [0.2, 0.25) is 0 Å². The molecule has 52 heavy (non-hydrogen) atoms. The van der Waals surface area contributed by atoms with E-state index in [4.69, 9.17) is 9.41 Å². The van der Waals surface area contributed by atoms with E-state index in [0.29, 0.717) is 0 Å². The first kappa shape index (κ1) is 29.6. The lowest BCUT2D eigenvalue weighted by Crippen LogP contribution is -2.33. The number of benzene rings is 8. The Bertz CT molecular complexity index is 3060. The van der Waals surface area contributed by atoms with Gasteiger partial charge >= 0.3 is 0 Å². The number of hydrogen-bond donors (Lipinski definition) is 1. The molecule has 1 aliphatic rings. The largest absolute Gasteiger partial charge is 0.456 e. The maximum absolute atomic E-state index is 6.63. The van der Waals surface area contributed by atoms with Crippen molar-refractivity contribution in [3.63, 3.8) is 0 Å². The van der Waals surface area contributed by atoms with Gasteiger partial charge in [0.1, 0.15) is 17.3 Å². The monoisotopic (exact) mass is 684 g/mol. The first-order valence-electron chi connectivity index (χ1n) is 17.9. The Morgan fingerprint density at radius 2 is 1.27 bits per heavy atom. The predicted molar refractivity (Wildman–Crippen MR) is 220 cm³/mol. The van der Waals surface area contributed by atoms with E-state index in [1.807, 2.05) is 11.3 Å². The Hall–Kier alpha value is -6.07. The zero-order chi connectivity index (χ0) is 34.2. The molecule has 1 N–H and O–H groups in total. The SMILES string of the molecule is c1ccc2cc(-c3ccc4c(c3)oc3cccc(C5=NC(c6cccc7c6sc6ccccc67)NC(c6ccc7ccccc7c6)C5)c34)ccc2c1. The number of hydrogen-bond acceptors (Lipinski definition) is 4. The Labute approximate surface area is 304 Å². The number of thiophene rings is 1. The molecule has 0 saturated carbocycles. The summed E-state index contributed by atoms with van der Waals surface area (Å²) >= 11 is 1.86. The molecule has 0 radical (unpaired) electrons. The number of nitrogens with zero attached hydrogens (tertiary/aromatic N) is 1. The van der Waals surface area contributed by atoms with Crippen LogP contribution in [0.3, 0.4) is 0 Å². The highest BCUT2D eigenvalue weighted by molar-refractivity contribution is 7.26. The normalized spacial score (nSPS) is 16.4. The van der Waals surface area contributed by atoms with Gasteiger partial charge in [0.05, 0.1) is 0 Å². The molecule has 0 amide bonds. The predicted octanol–water partition coefficient (Wildman–Crippen LogP) is 13.1. The average Bonchev–Trinajstić information content (AvgIpc) is 3.78. The van der Waals surface area contributed by atoms with Gasteiger partial charge in [-0.25, -0.2) is 0 Å². The molecule has 8 aromatic carbocycles. The molecule has 2 aromatic heterocycles. The molecule has 3 nitrogen and oxygen atoms in total. The van der Waals surface area contributed by atoms with Crippen LogP contribution >= 0.6 is 11.3 Å². The smallest absolute Gasteiger partial charge is 0.136 e. The molecule has 1 aliphatic heterocycles. The van der Waals surface area contributed by atoms with Crippen LogP contribution in [0, 0.1) is 0 Å². The van der Waals surface area contributed by atoms with E-state index in [9.17, 15) is 0 Å². The molecule has 0 spiro atoms. The minimum atomic E-state index is -0.218. The van der Waals surface area contributed by atoms with Crippen LogP contribution in [0.4, 0.5) is 0 Å². The Morgan fingerprint density at radius 1 is 0.558 bits per heavy atom. The van der Waals surface area contributed by atoms with E-state index >= 15 is 0 Å². The summed E-state index contributed by atoms with van der Waals surface area (Å²) in [5, 5.41) is 13.8. The summed E-state index contributed by atoms with van der Waals surface area (Å²) in [7, 11) is 0. The van der Waals surface area contributed by atoms with Crippen molar-refractivity contribution in [1.82, 2.24) is 5.32 Å². The molecule has 11 rings (SSSR count). The molecule has 2 atom stereocenters. The lowest BCUT2D eigenvalue weighted by atomic mass is 9.91. The van der Waals surface area contributed by atoms with Gasteiger partial charge in [-0.3, -0.25) is 10.3 Å². The van der Waals surface area contributed by atoms with Crippen LogP contribution in [-0.4, -0.2) is 5.71 Å². The maximum Gasteiger partial charge on any atom is 0.136 e. The lowest BCUT2D eigenvalue weighted by molar-refractivity contribution is 0.444. The van der Waals surface area contributed by atoms with E-state index in [1.165, 1.54) is 58.4 Å². The van der Waals surface area contributed by atoms with Crippen molar-refractivity contribution in [2.45, 2.75) is 18.6 Å². The summed E-state index contributed by atoms with van der Waals surface area (Å²) < 4.78 is 9.22. The van der Waals surface area contributed by atoms with Gasteiger partial charge in [0, 0.05) is 60.2 Å². The topological polar surface area (TPSA) is 37.5 Å². The number of aliphatic imine (C=N–C) groups is 1. The van der Waals surface area contributed by atoms with E-state index in [2.05, 4.69) is 169 Å². The van der Waals surface area contributed by atoms with Gasteiger partial charge in [0.2, 0.25) is 0 Å². The van der Waals surface area contributed by atoms with Crippen molar-refractivity contribution < 1.29 is 4.42 Å². The van der Waals surface area contributed by atoms with E-state index in [-0.39, 0.29) is 12.2 Å². The molecule has 0 bridgehead atoms. The quantitative estimate of drug-likeness (QED) is 0.200. The Morgan fingerprint density at radius 3 is 2.15 bits per heavy atom. The molecule has 2 unspecified atom stereocenters. The molecule has 0 saturated heterocycles. The van der Waals surface area contributed by atoms with Crippen LogP contribution in [0.15, 0.2) is 173 Å². The maximum atomic E-state index is 6.63. The minimum Gasteiger partial charge on any atom is -0.456 e. The summed E-state index contributed by atoms with van der Waals surface area (Å²) in [5.74, 6) is 0. The highest BCUT2D eigenvalue weighted by Crippen LogP contribution is 2.42. The third kappa shape index (κ3) is 4.80. The highest BCUT2D eigenvalue weighted by Gasteiger charge is 2.29. The number of nitrogens with one attached hydrogen (secondary N) is 1. The van der Waals surface area contributed by atoms with Gasteiger partial charge in [-0.2, -0.15) is 0 Å². The fourth-order valence-corrected chi connectivity index (χ4v) is 9.51. The second-order valence-electron chi connectivity index (χ2n) is 13.9. The fourth-order valence-electron chi connectivity index (χ4n) is 8.27. The average molecular weight is 685 g/mol. The Kier molecular flexibility index (Phi) is 6.69. The molecule has 4 heteroatoms. The van der Waals surface area contributed by atoms with E-state index in [0.717, 1.165) is 45.2 Å². The van der Waals surface area contributed by atoms with Crippen LogP contribution in [0.25, 0.3) is 74.8 Å². The fraction of sp³-hybridized carbons (Fsp3) is 0.0625. The Balaban J connectivity index is 1.07. The van der Waals surface area contributed by atoms with Gasteiger partial charge in [-0.15, -0.1) is 11.3 Å². The first-order chi connectivity index (χ1) is 25.7.